The van der Waals surface area contributed by atoms with Crippen molar-refractivity contribution in [2.45, 2.75) is 19.3 Å². The Kier molecular flexibility index (Phi) is 2.77. The zero-order valence-corrected chi connectivity index (χ0v) is 8.07. The molecular formula is C11H14N2O. The van der Waals surface area contributed by atoms with Crippen molar-refractivity contribution in [3.05, 3.63) is 30.1 Å². The van der Waals surface area contributed by atoms with Crippen LogP contribution in [0.25, 0.3) is 0 Å². The molecule has 2 rings (SSSR count). The van der Waals surface area contributed by atoms with Crippen LogP contribution in [0.1, 0.15) is 18.4 Å². The van der Waals surface area contributed by atoms with E-state index < -0.39 is 0 Å². The third-order valence-electron chi connectivity index (χ3n) is 2.60. The molecule has 1 amide bonds. The molecule has 1 N–H and O–H groups in total. The number of nitrogens with one attached hydrogen (secondary N) is 1. The summed E-state index contributed by atoms with van der Waals surface area (Å²) in [4.78, 5) is 15.5. The highest BCUT2D eigenvalue weighted by molar-refractivity contribution is 5.79. The number of aromatic nitrogens is 1. The maximum atomic E-state index is 11.5. The molecule has 1 saturated heterocycles. The molecule has 0 aromatic carbocycles. The molecule has 2 heterocycles. The normalized spacial score (nSPS) is 21.7. The Morgan fingerprint density at radius 2 is 2.50 bits per heavy atom. The lowest BCUT2D eigenvalue weighted by Crippen LogP contribution is -2.37. The number of nitrogens with zero attached hydrogens (tertiary/aromatic N) is 1. The van der Waals surface area contributed by atoms with Gasteiger partial charge in [-0.1, -0.05) is 6.07 Å². The van der Waals surface area contributed by atoms with Crippen LogP contribution in [0.15, 0.2) is 24.5 Å². The quantitative estimate of drug-likeness (QED) is 0.760. The standard InChI is InChI=1S/C11H14N2O/c14-11-10(4-2-6-13-11)7-9-3-1-5-12-8-9/h1,3,5,8,10H,2,4,6-7H2,(H,13,14). The van der Waals surface area contributed by atoms with Crippen molar-refractivity contribution in [1.82, 2.24) is 10.3 Å². The molecular weight excluding hydrogens is 176 g/mol. The van der Waals surface area contributed by atoms with Crippen molar-refractivity contribution >= 4 is 5.91 Å². The minimum absolute atomic E-state index is 0.146. The monoisotopic (exact) mass is 190 g/mol. The molecule has 1 aliphatic heterocycles. The van der Waals surface area contributed by atoms with E-state index in [1.165, 1.54) is 0 Å². The first-order valence-corrected chi connectivity index (χ1v) is 5.03. The lowest BCUT2D eigenvalue weighted by atomic mass is 9.92. The summed E-state index contributed by atoms with van der Waals surface area (Å²) in [5.74, 6) is 0.341. The summed E-state index contributed by atoms with van der Waals surface area (Å²) in [6.07, 6.45) is 6.50. The van der Waals surface area contributed by atoms with Crippen molar-refractivity contribution in [3.63, 3.8) is 0 Å². The number of hydrogen-bond donors (Lipinski definition) is 1. The van der Waals surface area contributed by atoms with Gasteiger partial charge in [-0.2, -0.15) is 0 Å². The third kappa shape index (κ3) is 2.10. The number of amides is 1. The highest BCUT2D eigenvalue weighted by Gasteiger charge is 2.21. The van der Waals surface area contributed by atoms with E-state index in [0.29, 0.717) is 0 Å². The van der Waals surface area contributed by atoms with Gasteiger partial charge in [0.1, 0.15) is 0 Å². The van der Waals surface area contributed by atoms with E-state index in [4.69, 9.17) is 0 Å². The van der Waals surface area contributed by atoms with Crippen LogP contribution in [-0.4, -0.2) is 17.4 Å². The van der Waals surface area contributed by atoms with Crippen molar-refractivity contribution in [2.75, 3.05) is 6.54 Å². The first-order valence-electron chi connectivity index (χ1n) is 5.03. The lowest BCUT2D eigenvalue weighted by Gasteiger charge is -2.21. The van der Waals surface area contributed by atoms with Crippen molar-refractivity contribution in [2.24, 2.45) is 5.92 Å². The van der Waals surface area contributed by atoms with Gasteiger partial charge in [0.25, 0.3) is 0 Å². The van der Waals surface area contributed by atoms with Crippen LogP contribution in [0.4, 0.5) is 0 Å². The molecule has 0 radical (unpaired) electrons. The summed E-state index contributed by atoms with van der Waals surface area (Å²) in [5, 5.41) is 2.89. The molecule has 0 spiro atoms. The molecule has 3 heteroatoms. The SMILES string of the molecule is O=C1NCCCC1Cc1cccnc1. The summed E-state index contributed by atoms with van der Waals surface area (Å²) in [7, 11) is 0. The molecule has 1 aromatic heterocycles. The van der Waals surface area contributed by atoms with E-state index >= 15 is 0 Å². The second kappa shape index (κ2) is 4.22. The van der Waals surface area contributed by atoms with E-state index in [1.807, 2.05) is 18.3 Å². The first kappa shape index (κ1) is 9.19. The Balaban J connectivity index is 2.00. The number of carbonyl (C=O) groups excluding carboxylic acids is 1. The maximum Gasteiger partial charge on any atom is 0.223 e. The molecule has 1 aromatic rings. The molecule has 14 heavy (non-hydrogen) atoms. The van der Waals surface area contributed by atoms with E-state index in [2.05, 4.69) is 10.3 Å². The summed E-state index contributed by atoms with van der Waals surface area (Å²) in [5.41, 5.74) is 1.15. The molecule has 74 valence electrons. The number of rotatable bonds is 2. The molecule has 1 aliphatic rings. The third-order valence-corrected chi connectivity index (χ3v) is 2.60. The Bertz CT molecular complexity index is 310. The largest absolute Gasteiger partial charge is 0.356 e. The molecule has 3 nitrogen and oxygen atoms in total. The van der Waals surface area contributed by atoms with E-state index in [9.17, 15) is 4.79 Å². The van der Waals surface area contributed by atoms with E-state index in [1.54, 1.807) is 6.20 Å². The fourth-order valence-corrected chi connectivity index (χ4v) is 1.83. The molecule has 1 unspecified atom stereocenters. The van der Waals surface area contributed by atoms with Gasteiger partial charge in [-0.25, -0.2) is 0 Å². The Morgan fingerprint density at radius 3 is 3.21 bits per heavy atom. The fourth-order valence-electron chi connectivity index (χ4n) is 1.83. The van der Waals surface area contributed by atoms with Crippen LogP contribution in [0.5, 0.6) is 0 Å². The Hall–Kier alpha value is -1.38. The van der Waals surface area contributed by atoms with Gasteiger partial charge in [-0.15, -0.1) is 0 Å². The average Bonchev–Trinajstić information content (AvgIpc) is 2.23. The van der Waals surface area contributed by atoms with Gasteiger partial charge in [-0.05, 0) is 30.9 Å². The average molecular weight is 190 g/mol. The molecule has 1 fully saturated rings. The second-order valence-electron chi connectivity index (χ2n) is 3.70. The van der Waals surface area contributed by atoms with Crippen LogP contribution < -0.4 is 5.32 Å². The van der Waals surface area contributed by atoms with Gasteiger partial charge in [0.2, 0.25) is 5.91 Å². The number of carbonyl (C=O) groups is 1. The second-order valence-corrected chi connectivity index (χ2v) is 3.70. The van der Waals surface area contributed by atoms with Crippen molar-refractivity contribution in [3.8, 4) is 0 Å². The highest BCUT2D eigenvalue weighted by atomic mass is 16.1. The molecule has 0 bridgehead atoms. The van der Waals surface area contributed by atoms with Crippen molar-refractivity contribution < 1.29 is 4.79 Å². The summed E-state index contributed by atoms with van der Waals surface area (Å²) >= 11 is 0. The zero-order chi connectivity index (χ0) is 9.80. The lowest BCUT2D eigenvalue weighted by molar-refractivity contribution is -0.126. The van der Waals surface area contributed by atoms with Crippen molar-refractivity contribution in [1.29, 1.82) is 0 Å². The summed E-state index contributed by atoms with van der Waals surface area (Å²) in [6.45, 7) is 0.836. The summed E-state index contributed by atoms with van der Waals surface area (Å²) < 4.78 is 0. The van der Waals surface area contributed by atoms with Gasteiger partial charge in [0, 0.05) is 24.9 Å². The maximum absolute atomic E-state index is 11.5. The van der Waals surface area contributed by atoms with Crippen LogP contribution >= 0.6 is 0 Å². The Morgan fingerprint density at radius 1 is 1.57 bits per heavy atom. The number of hydrogen-bond acceptors (Lipinski definition) is 2. The van der Waals surface area contributed by atoms with Gasteiger partial charge < -0.3 is 5.32 Å². The van der Waals surface area contributed by atoms with E-state index in [-0.39, 0.29) is 11.8 Å². The van der Waals surface area contributed by atoms with Crippen LogP contribution in [0.2, 0.25) is 0 Å². The first-order chi connectivity index (χ1) is 6.86. The molecule has 0 saturated carbocycles. The number of piperidine rings is 1. The topological polar surface area (TPSA) is 42.0 Å². The fraction of sp³-hybridized carbons (Fsp3) is 0.455. The zero-order valence-electron chi connectivity index (χ0n) is 8.07. The molecule has 0 aliphatic carbocycles. The smallest absolute Gasteiger partial charge is 0.223 e. The van der Waals surface area contributed by atoms with Gasteiger partial charge in [0.15, 0.2) is 0 Å². The minimum Gasteiger partial charge on any atom is -0.356 e. The number of pyridine rings is 1. The highest BCUT2D eigenvalue weighted by Crippen LogP contribution is 2.16. The van der Waals surface area contributed by atoms with Crippen LogP contribution in [0, 0.1) is 5.92 Å². The Labute approximate surface area is 83.5 Å². The molecule has 1 atom stereocenters. The van der Waals surface area contributed by atoms with Gasteiger partial charge in [0.05, 0.1) is 0 Å². The minimum atomic E-state index is 0.146. The van der Waals surface area contributed by atoms with E-state index in [0.717, 1.165) is 31.4 Å². The predicted octanol–water partition coefficient (Wildman–Crippen LogP) is 1.15. The predicted molar refractivity (Wildman–Crippen MR) is 53.7 cm³/mol. The van der Waals surface area contributed by atoms with Crippen LogP contribution in [0.3, 0.4) is 0 Å². The van der Waals surface area contributed by atoms with Gasteiger partial charge >= 0.3 is 0 Å². The summed E-state index contributed by atoms with van der Waals surface area (Å²) in [6, 6.07) is 3.94. The van der Waals surface area contributed by atoms with Gasteiger partial charge in [-0.3, -0.25) is 9.78 Å². The van der Waals surface area contributed by atoms with Crippen LogP contribution in [-0.2, 0) is 11.2 Å².